The van der Waals surface area contributed by atoms with Gasteiger partial charge < -0.3 is 9.84 Å². The van der Waals surface area contributed by atoms with Gasteiger partial charge in [0.05, 0.1) is 21.6 Å². The Kier molecular flexibility index (Phi) is 4.62. The molecule has 2 aromatic carbocycles. The molecule has 1 N–H and O–H groups in total. The van der Waals surface area contributed by atoms with Crippen LogP contribution in [0.25, 0.3) is 0 Å². The Morgan fingerprint density at radius 3 is 2.33 bits per heavy atom. The van der Waals surface area contributed by atoms with Crippen LogP contribution in [0.1, 0.15) is 5.56 Å². The van der Waals surface area contributed by atoms with Crippen molar-refractivity contribution in [3.8, 4) is 11.5 Å². The van der Waals surface area contributed by atoms with Gasteiger partial charge in [0, 0.05) is 18.2 Å². The van der Waals surface area contributed by atoms with Crippen LogP contribution in [0.3, 0.4) is 0 Å². The number of halogens is 3. The molecule has 0 amide bonds. The van der Waals surface area contributed by atoms with Crippen LogP contribution >= 0.6 is 23.2 Å². The second kappa shape index (κ2) is 6.26. The quantitative estimate of drug-likeness (QED) is 0.668. The number of aliphatic hydroxyl groups is 1. The molecule has 0 spiro atoms. The van der Waals surface area contributed by atoms with Crippen molar-refractivity contribution in [2.45, 2.75) is 6.61 Å². The molecule has 0 aliphatic rings. The van der Waals surface area contributed by atoms with Crippen molar-refractivity contribution in [2.75, 3.05) is 0 Å². The summed E-state index contributed by atoms with van der Waals surface area (Å²) in [6.07, 6.45) is 0. The van der Waals surface area contributed by atoms with Crippen molar-refractivity contribution in [1.29, 1.82) is 0 Å². The Hall–Kier alpha value is -1.89. The molecule has 0 atom stereocenters. The summed E-state index contributed by atoms with van der Waals surface area (Å²) in [5.41, 5.74) is 0.0202. The summed E-state index contributed by atoms with van der Waals surface area (Å²) in [6, 6.07) is 5.78. The summed E-state index contributed by atoms with van der Waals surface area (Å²) < 4.78 is 18.7. The fourth-order valence-electron chi connectivity index (χ4n) is 1.64. The van der Waals surface area contributed by atoms with Crippen LogP contribution in [-0.4, -0.2) is 10.0 Å². The van der Waals surface area contributed by atoms with Crippen molar-refractivity contribution < 1.29 is 19.2 Å². The number of benzene rings is 2. The Labute approximate surface area is 128 Å². The largest absolute Gasteiger partial charge is 0.454 e. The predicted molar refractivity (Wildman–Crippen MR) is 75.5 cm³/mol. The van der Waals surface area contributed by atoms with Gasteiger partial charge in [-0.3, -0.25) is 10.1 Å². The van der Waals surface area contributed by atoms with Gasteiger partial charge >= 0.3 is 0 Å². The van der Waals surface area contributed by atoms with E-state index < -0.39 is 10.7 Å². The van der Waals surface area contributed by atoms with Crippen molar-refractivity contribution in [3.63, 3.8) is 0 Å². The van der Waals surface area contributed by atoms with Gasteiger partial charge in [0.25, 0.3) is 5.69 Å². The molecule has 2 aromatic rings. The average Bonchev–Trinajstić information content (AvgIpc) is 2.41. The van der Waals surface area contributed by atoms with E-state index in [1.807, 2.05) is 0 Å². The smallest absolute Gasteiger partial charge is 0.272 e. The predicted octanol–water partition coefficient (Wildman–Crippen LogP) is 4.33. The lowest BCUT2D eigenvalue weighted by molar-refractivity contribution is -0.384. The van der Waals surface area contributed by atoms with Crippen molar-refractivity contribution in [3.05, 3.63) is 61.9 Å². The molecular formula is C13H8Cl2FNO4. The molecule has 0 saturated carbocycles. The van der Waals surface area contributed by atoms with Gasteiger partial charge in [-0.15, -0.1) is 0 Å². The third-order valence-corrected chi connectivity index (χ3v) is 3.09. The second-order valence-electron chi connectivity index (χ2n) is 4.05. The van der Waals surface area contributed by atoms with Crippen molar-refractivity contribution in [1.82, 2.24) is 0 Å². The summed E-state index contributed by atoms with van der Waals surface area (Å²) in [7, 11) is 0. The normalized spacial score (nSPS) is 10.5. The number of hydrogen-bond donors (Lipinski definition) is 1. The highest BCUT2D eigenvalue weighted by atomic mass is 35.5. The second-order valence-corrected chi connectivity index (χ2v) is 4.87. The van der Waals surface area contributed by atoms with Gasteiger partial charge in [0.2, 0.25) is 0 Å². The van der Waals surface area contributed by atoms with Gasteiger partial charge in [0.15, 0.2) is 5.75 Å². The van der Waals surface area contributed by atoms with Crippen LogP contribution in [0, 0.1) is 15.9 Å². The first-order valence-electron chi connectivity index (χ1n) is 5.62. The molecule has 0 aliphatic heterocycles. The van der Waals surface area contributed by atoms with Crippen molar-refractivity contribution >= 4 is 28.9 Å². The molecule has 0 saturated heterocycles. The van der Waals surface area contributed by atoms with E-state index >= 15 is 0 Å². The number of rotatable bonds is 4. The minimum Gasteiger partial charge on any atom is -0.454 e. The zero-order valence-electron chi connectivity index (χ0n) is 10.3. The summed E-state index contributed by atoms with van der Waals surface area (Å²) >= 11 is 11.8. The van der Waals surface area contributed by atoms with Crippen LogP contribution in [0.5, 0.6) is 11.5 Å². The van der Waals surface area contributed by atoms with Gasteiger partial charge in [0.1, 0.15) is 11.6 Å². The molecule has 0 heterocycles. The van der Waals surface area contributed by atoms with Gasteiger partial charge in [-0.1, -0.05) is 23.2 Å². The number of ether oxygens (including phenoxy) is 1. The van der Waals surface area contributed by atoms with Gasteiger partial charge in [-0.2, -0.15) is 0 Å². The maximum absolute atomic E-state index is 13.3. The molecular weight excluding hydrogens is 324 g/mol. The first-order valence-corrected chi connectivity index (χ1v) is 6.38. The Bertz CT molecular complexity index is 686. The standard InChI is InChI=1S/C13H8Cl2FNO4/c14-11-4-9(17(19)20)5-12(15)13(11)21-10-2-7(6-18)1-8(16)3-10/h1-5,18H,6H2. The number of aliphatic hydroxyl groups excluding tert-OH is 1. The third-order valence-electron chi connectivity index (χ3n) is 2.53. The molecule has 110 valence electrons. The fraction of sp³-hybridized carbons (Fsp3) is 0.0769. The van der Waals surface area contributed by atoms with E-state index in [-0.39, 0.29) is 33.8 Å². The topological polar surface area (TPSA) is 72.6 Å². The van der Waals surface area contributed by atoms with Crippen molar-refractivity contribution in [2.24, 2.45) is 0 Å². The zero-order valence-corrected chi connectivity index (χ0v) is 11.9. The van der Waals surface area contributed by atoms with Gasteiger partial charge in [-0.05, 0) is 17.7 Å². The summed E-state index contributed by atoms with van der Waals surface area (Å²) in [5, 5.41) is 19.5. The first-order chi connectivity index (χ1) is 9.90. The van der Waals surface area contributed by atoms with Crippen LogP contribution in [-0.2, 0) is 6.61 Å². The molecule has 8 heteroatoms. The highest BCUT2D eigenvalue weighted by Gasteiger charge is 2.17. The summed E-state index contributed by atoms with van der Waals surface area (Å²) in [6.45, 7) is -0.365. The van der Waals surface area contributed by atoms with E-state index in [0.29, 0.717) is 5.56 Å². The van der Waals surface area contributed by atoms with Gasteiger partial charge in [-0.25, -0.2) is 4.39 Å². The average molecular weight is 332 g/mol. The number of nitro benzene ring substituents is 1. The lowest BCUT2D eigenvalue weighted by Gasteiger charge is -2.10. The molecule has 21 heavy (non-hydrogen) atoms. The third kappa shape index (κ3) is 3.60. The zero-order chi connectivity index (χ0) is 15.6. The lowest BCUT2D eigenvalue weighted by atomic mass is 10.2. The maximum atomic E-state index is 13.3. The summed E-state index contributed by atoms with van der Waals surface area (Å²) in [4.78, 5) is 10.0. The molecule has 0 bridgehead atoms. The number of non-ortho nitro benzene ring substituents is 1. The van der Waals surface area contributed by atoms with Crippen LogP contribution in [0.4, 0.5) is 10.1 Å². The van der Waals surface area contributed by atoms with Crippen LogP contribution in [0.15, 0.2) is 30.3 Å². The van der Waals surface area contributed by atoms with E-state index in [2.05, 4.69) is 0 Å². The van der Waals surface area contributed by atoms with E-state index in [4.69, 9.17) is 33.0 Å². The molecule has 0 radical (unpaired) electrons. The van der Waals surface area contributed by atoms with Crippen LogP contribution < -0.4 is 4.74 Å². The molecule has 0 aromatic heterocycles. The number of nitro groups is 1. The van der Waals surface area contributed by atoms with E-state index in [1.165, 1.54) is 6.07 Å². The molecule has 2 rings (SSSR count). The minimum atomic E-state index is -0.645. The molecule has 0 unspecified atom stereocenters. The Balaban J connectivity index is 2.40. The maximum Gasteiger partial charge on any atom is 0.272 e. The first kappa shape index (κ1) is 15.5. The highest BCUT2D eigenvalue weighted by molar-refractivity contribution is 6.37. The molecule has 0 fully saturated rings. The SMILES string of the molecule is O=[N+]([O-])c1cc(Cl)c(Oc2cc(F)cc(CO)c2)c(Cl)c1. The van der Waals surface area contributed by atoms with Crippen LogP contribution in [0.2, 0.25) is 10.0 Å². The molecule has 0 aliphatic carbocycles. The highest BCUT2D eigenvalue weighted by Crippen LogP contribution is 2.39. The number of nitrogens with zero attached hydrogens (tertiary/aromatic N) is 1. The lowest BCUT2D eigenvalue weighted by Crippen LogP contribution is -1.93. The van der Waals surface area contributed by atoms with E-state index in [9.17, 15) is 14.5 Å². The van der Waals surface area contributed by atoms with E-state index in [1.54, 1.807) is 0 Å². The Morgan fingerprint density at radius 2 is 1.81 bits per heavy atom. The monoisotopic (exact) mass is 331 g/mol. The van der Waals surface area contributed by atoms with E-state index in [0.717, 1.165) is 24.3 Å². The Morgan fingerprint density at radius 1 is 1.19 bits per heavy atom. The summed E-state index contributed by atoms with van der Waals surface area (Å²) in [5.74, 6) is -0.569. The number of hydrogen-bond acceptors (Lipinski definition) is 4. The fourth-order valence-corrected chi connectivity index (χ4v) is 2.19. The minimum absolute atomic E-state index is 0.0292. The molecule has 5 nitrogen and oxygen atoms in total.